The van der Waals surface area contributed by atoms with Crippen LogP contribution in [0, 0.1) is 0 Å². The molecule has 6 nitrogen and oxygen atoms in total. The largest absolute Gasteiger partial charge is 0.466 e. The van der Waals surface area contributed by atoms with E-state index in [0.29, 0.717) is 5.76 Å². The highest BCUT2D eigenvalue weighted by molar-refractivity contribution is 5.21. The van der Waals surface area contributed by atoms with Gasteiger partial charge in [-0.3, -0.25) is 0 Å². The van der Waals surface area contributed by atoms with Gasteiger partial charge in [0, 0.05) is 6.08 Å². The Hall–Kier alpha value is -0.920. The normalized spacial score (nSPS) is 45.1. The molecule has 14 heavy (non-hydrogen) atoms. The number of hydrogen-bond donors (Lipinski definition) is 1. The summed E-state index contributed by atoms with van der Waals surface area (Å²) >= 11 is 0. The van der Waals surface area contributed by atoms with Gasteiger partial charge in [-0.05, 0) is 12.2 Å². The predicted molar refractivity (Wildman–Crippen MR) is 40.0 cm³/mol. The summed E-state index contributed by atoms with van der Waals surface area (Å²) in [4.78, 5) is 9.45. The fourth-order valence-electron chi connectivity index (χ4n) is 1.45. The van der Waals surface area contributed by atoms with Gasteiger partial charge >= 0.3 is 0 Å². The minimum absolute atomic E-state index is 0.180. The fraction of sp³-hybridized carbons (Fsp3) is 0.500. The van der Waals surface area contributed by atoms with Gasteiger partial charge < -0.3 is 19.3 Å². The number of fused-ring (bicyclic) bond motifs is 1. The highest BCUT2D eigenvalue weighted by Crippen LogP contribution is 2.37. The van der Waals surface area contributed by atoms with Gasteiger partial charge in [-0.15, -0.1) is 0 Å². The van der Waals surface area contributed by atoms with Crippen molar-refractivity contribution in [3.63, 3.8) is 0 Å². The zero-order chi connectivity index (χ0) is 9.60. The van der Waals surface area contributed by atoms with Crippen molar-refractivity contribution in [2.24, 2.45) is 0 Å². The van der Waals surface area contributed by atoms with Crippen molar-refractivity contribution < 1.29 is 29.1 Å². The molecule has 1 N–H and O–H groups in total. The summed E-state index contributed by atoms with van der Waals surface area (Å²) in [7, 11) is 0. The van der Waals surface area contributed by atoms with Crippen molar-refractivity contribution in [2.45, 2.75) is 18.4 Å². The molecule has 0 aromatic carbocycles. The van der Waals surface area contributed by atoms with E-state index < -0.39 is 18.4 Å². The third-order valence-corrected chi connectivity index (χ3v) is 2.08. The van der Waals surface area contributed by atoms with Gasteiger partial charge in [-0.1, -0.05) is 0 Å². The molecule has 3 rings (SSSR count). The van der Waals surface area contributed by atoms with Gasteiger partial charge in [0.2, 0.25) is 18.4 Å². The maximum atomic E-state index is 8.98. The van der Waals surface area contributed by atoms with E-state index in [4.69, 9.17) is 24.2 Å². The quantitative estimate of drug-likeness (QED) is 0.430. The van der Waals surface area contributed by atoms with E-state index in [2.05, 4.69) is 4.89 Å². The van der Waals surface area contributed by atoms with Gasteiger partial charge in [-0.25, -0.2) is 0 Å². The van der Waals surface area contributed by atoms with Crippen molar-refractivity contribution in [2.75, 3.05) is 6.79 Å². The molecule has 1 spiro atoms. The average molecular weight is 200 g/mol. The summed E-state index contributed by atoms with van der Waals surface area (Å²) in [5.74, 6) is -0.561. The maximum absolute atomic E-state index is 8.98. The molecule has 0 amide bonds. The Balaban J connectivity index is 1.87. The Morgan fingerprint density at radius 3 is 3.14 bits per heavy atom. The molecule has 3 unspecified atom stereocenters. The molecule has 0 bridgehead atoms. The van der Waals surface area contributed by atoms with Gasteiger partial charge in [0.15, 0.2) is 12.6 Å². The van der Waals surface area contributed by atoms with Crippen molar-refractivity contribution >= 4 is 0 Å². The second-order valence-corrected chi connectivity index (χ2v) is 3.08. The summed E-state index contributed by atoms with van der Waals surface area (Å²) < 4.78 is 15.6. The first-order valence-corrected chi connectivity index (χ1v) is 4.14. The number of hydrogen-bond acceptors (Lipinski definition) is 6. The third-order valence-electron chi connectivity index (χ3n) is 2.08. The minimum Gasteiger partial charge on any atom is -0.466 e. The van der Waals surface area contributed by atoms with Crippen LogP contribution in [0.25, 0.3) is 0 Å². The van der Waals surface area contributed by atoms with E-state index in [-0.39, 0.29) is 6.79 Å². The van der Waals surface area contributed by atoms with Crippen LogP contribution in [0.5, 0.6) is 0 Å². The Morgan fingerprint density at radius 2 is 2.43 bits per heavy atom. The van der Waals surface area contributed by atoms with E-state index in [1.165, 1.54) is 6.08 Å². The molecule has 0 aromatic rings. The van der Waals surface area contributed by atoms with Gasteiger partial charge in [-0.2, -0.15) is 9.78 Å². The molecule has 3 aliphatic rings. The zero-order valence-electron chi connectivity index (χ0n) is 7.08. The second-order valence-electron chi connectivity index (χ2n) is 3.08. The monoisotopic (exact) mass is 200 g/mol. The van der Waals surface area contributed by atoms with Crippen LogP contribution in [0.1, 0.15) is 0 Å². The standard InChI is InChI=1S/C8H8O6/c9-6-1-2-8(14-13-6)3-5-7(12-8)11-4-10-5/h1-3,6-7,9H,4H2. The van der Waals surface area contributed by atoms with Crippen LogP contribution in [-0.4, -0.2) is 30.3 Å². The highest BCUT2D eigenvalue weighted by Gasteiger charge is 2.46. The second kappa shape index (κ2) is 2.78. The number of rotatable bonds is 0. The minimum atomic E-state index is -1.13. The number of aliphatic hydroxyl groups excluding tert-OH is 1. The molecule has 3 aliphatic heterocycles. The molecule has 1 saturated heterocycles. The van der Waals surface area contributed by atoms with Crippen LogP contribution in [0.15, 0.2) is 24.0 Å². The fourth-order valence-corrected chi connectivity index (χ4v) is 1.45. The first-order chi connectivity index (χ1) is 6.77. The molecule has 0 aromatic heterocycles. The molecule has 0 saturated carbocycles. The molecule has 3 atom stereocenters. The molecule has 0 radical (unpaired) electrons. The summed E-state index contributed by atoms with van der Waals surface area (Å²) in [6.07, 6.45) is 2.96. The molecule has 0 aliphatic carbocycles. The van der Waals surface area contributed by atoms with Crippen LogP contribution in [0.4, 0.5) is 0 Å². The van der Waals surface area contributed by atoms with Crippen molar-refractivity contribution in [1.29, 1.82) is 0 Å². The molecule has 1 fully saturated rings. The topological polar surface area (TPSA) is 66.4 Å². The highest BCUT2D eigenvalue weighted by atomic mass is 17.3. The smallest absolute Gasteiger partial charge is 0.246 e. The van der Waals surface area contributed by atoms with E-state index in [1.54, 1.807) is 12.2 Å². The van der Waals surface area contributed by atoms with Crippen molar-refractivity contribution in [1.82, 2.24) is 0 Å². The van der Waals surface area contributed by atoms with E-state index in [9.17, 15) is 0 Å². The Labute approximate surface area is 79.2 Å². The third kappa shape index (κ3) is 1.17. The summed E-state index contributed by atoms with van der Waals surface area (Å²) in [6, 6.07) is 0. The Morgan fingerprint density at radius 1 is 1.50 bits per heavy atom. The first kappa shape index (κ1) is 8.39. The first-order valence-electron chi connectivity index (χ1n) is 4.14. The lowest BCUT2D eigenvalue weighted by Crippen LogP contribution is -2.36. The average Bonchev–Trinajstić information content (AvgIpc) is 2.69. The van der Waals surface area contributed by atoms with E-state index >= 15 is 0 Å². The maximum Gasteiger partial charge on any atom is 0.246 e. The molecule has 76 valence electrons. The van der Waals surface area contributed by atoms with Crippen LogP contribution in [0.3, 0.4) is 0 Å². The lowest BCUT2D eigenvalue weighted by molar-refractivity contribution is -0.448. The van der Waals surface area contributed by atoms with Gasteiger partial charge in [0.1, 0.15) is 0 Å². The zero-order valence-corrected chi connectivity index (χ0v) is 7.08. The number of aliphatic hydroxyl groups is 1. The van der Waals surface area contributed by atoms with E-state index in [1.807, 2.05) is 0 Å². The summed E-state index contributed by atoms with van der Waals surface area (Å²) in [5, 5.41) is 8.98. The molecular formula is C8H8O6. The van der Waals surface area contributed by atoms with E-state index in [0.717, 1.165) is 0 Å². The number of ether oxygens (including phenoxy) is 3. The summed E-state index contributed by atoms with van der Waals surface area (Å²) in [5.41, 5.74) is 0. The van der Waals surface area contributed by atoms with Gasteiger partial charge in [0.25, 0.3) is 0 Å². The van der Waals surface area contributed by atoms with Crippen molar-refractivity contribution in [3.05, 3.63) is 24.0 Å². The molecule has 3 heterocycles. The van der Waals surface area contributed by atoms with Crippen LogP contribution >= 0.6 is 0 Å². The van der Waals surface area contributed by atoms with Gasteiger partial charge in [0.05, 0.1) is 0 Å². The molecular weight excluding hydrogens is 192 g/mol. The SMILES string of the molecule is OC1C=CC2(C=C3OCOC3O2)OO1. The predicted octanol–water partition coefficient (Wildman–Crippen LogP) is -0.236. The van der Waals surface area contributed by atoms with Crippen molar-refractivity contribution in [3.8, 4) is 0 Å². The molecule has 6 heteroatoms. The lowest BCUT2D eigenvalue weighted by atomic mass is 10.2. The Kier molecular flexibility index (Phi) is 1.67. The van der Waals surface area contributed by atoms with Crippen LogP contribution in [0.2, 0.25) is 0 Å². The summed E-state index contributed by atoms with van der Waals surface area (Å²) in [6.45, 7) is 0.180. The lowest BCUT2D eigenvalue weighted by Gasteiger charge is -2.27. The van der Waals surface area contributed by atoms with Crippen LogP contribution < -0.4 is 0 Å². The Bertz CT molecular complexity index is 311. The van der Waals surface area contributed by atoms with Crippen LogP contribution in [-0.2, 0) is 24.0 Å².